The molecule has 1 atom stereocenters. The third kappa shape index (κ3) is 4.05. The van der Waals surface area contributed by atoms with Crippen molar-refractivity contribution in [2.75, 3.05) is 12.3 Å². The summed E-state index contributed by atoms with van der Waals surface area (Å²) in [5.74, 6) is -0.343. The highest BCUT2D eigenvalue weighted by Crippen LogP contribution is 2.35. The van der Waals surface area contributed by atoms with Crippen molar-refractivity contribution in [3.8, 4) is 6.07 Å². The van der Waals surface area contributed by atoms with Crippen LogP contribution in [0, 0.1) is 17.2 Å². The fourth-order valence-electron chi connectivity index (χ4n) is 3.36. The number of carbonyl (C=O) groups is 2. The number of nitrogens with two attached hydrogens (primary N) is 1. The highest BCUT2D eigenvalue weighted by molar-refractivity contribution is 7.18. The van der Waals surface area contributed by atoms with Gasteiger partial charge < -0.3 is 15.2 Å². The molecule has 0 unspecified atom stereocenters. The summed E-state index contributed by atoms with van der Waals surface area (Å²) < 4.78 is 10.5. The molecular weight excluding hydrogens is 396 g/mol. The van der Waals surface area contributed by atoms with E-state index in [-0.39, 0.29) is 28.7 Å². The molecule has 1 aliphatic carbocycles. The second-order valence-corrected chi connectivity index (χ2v) is 8.82. The van der Waals surface area contributed by atoms with Crippen molar-refractivity contribution >= 4 is 39.6 Å². The number of fused-ring (bicyclic) bond motifs is 1. The predicted molar refractivity (Wildman–Crippen MR) is 109 cm³/mol. The minimum absolute atomic E-state index is 0.164. The molecule has 0 amide bonds. The Kier molecular flexibility index (Phi) is 6.37. The lowest BCUT2D eigenvalue weighted by Gasteiger charge is -2.19. The summed E-state index contributed by atoms with van der Waals surface area (Å²) in [4.78, 5) is 26.7. The monoisotopic (exact) mass is 418 g/mol. The number of nitriles is 1. The van der Waals surface area contributed by atoms with Crippen LogP contribution in [0.5, 0.6) is 0 Å². The molecule has 2 N–H and O–H groups in total. The Morgan fingerprint density at radius 3 is 2.75 bits per heavy atom. The van der Waals surface area contributed by atoms with Gasteiger partial charge in [0, 0.05) is 10.4 Å². The first-order valence-electron chi connectivity index (χ1n) is 9.25. The highest BCUT2D eigenvalue weighted by atomic mass is 32.1. The number of ether oxygens (including phenoxy) is 2. The number of esters is 2. The predicted octanol–water partition coefficient (Wildman–Crippen LogP) is 4.31. The van der Waals surface area contributed by atoms with Crippen molar-refractivity contribution in [2.45, 2.75) is 46.1 Å². The van der Waals surface area contributed by atoms with Gasteiger partial charge in [0.25, 0.3) is 0 Å². The summed E-state index contributed by atoms with van der Waals surface area (Å²) in [7, 11) is 0. The van der Waals surface area contributed by atoms with E-state index in [1.807, 2.05) is 12.1 Å². The zero-order valence-electron chi connectivity index (χ0n) is 15.9. The van der Waals surface area contributed by atoms with Gasteiger partial charge in [-0.3, -0.25) is 0 Å². The average molecular weight is 419 g/mol. The Labute approximate surface area is 171 Å². The van der Waals surface area contributed by atoms with Crippen LogP contribution in [0.2, 0.25) is 0 Å². The Morgan fingerprint density at radius 2 is 2.07 bits per heavy atom. The molecule has 8 heteroatoms. The molecule has 6 nitrogen and oxygen atoms in total. The third-order valence-corrected chi connectivity index (χ3v) is 7.18. The van der Waals surface area contributed by atoms with Crippen molar-refractivity contribution in [3.63, 3.8) is 0 Å². The quantitative estimate of drug-likeness (QED) is 0.701. The fraction of sp³-hybridized carbons (Fsp3) is 0.450. The largest absolute Gasteiger partial charge is 0.462 e. The molecule has 0 spiro atoms. The number of nitrogens with zero attached hydrogens (tertiary/aromatic N) is 1. The number of nitrogen functional groups attached to an aromatic ring is 1. The van der Waals surface area contributed by atoms with Gasteiger partial charge in [0.15, 0.2) is 0 Å². The molecule has 3 rings (SSSR count). The van der Waals surface area contributed by atoms with Gasteiger partial charge in [-0.2, -0.15) is 5.26 Å². The average Bonchev–Trinajstić information content (AvgIpc) is 3.26. The maximum Gasteiger partial charge on any atom is 0.348 e. The zero-order chi connectivity index (χ0) is 20.3. The van der Waals surface area contributed by atoms with E-state index in [0.29, 0.717) is 16.4 Å². The van der Waals surface area contributed by atoms with Gasteiger partial charge in [0.05, 0.1) is 12.2 Å². The minimum Gasteiger partial charge on any atom is -0.462 e. The van der Waals surface area contributed by atoms with Crippen LogP contribution in [0.1, 0.15) is 67.6 Å². The fourth-order valence-corrected chi connectivity index (χ4v) is 5.38. The normalized spacial score (nSPS) is 15.5. The van der Waals surface area contributed by atoms with Crippen LogP contribution < -0.4 is 5.73 Å². The standard InChI is InChI=1S/C20H22N2O4S2/c1-3-11-5-6-15-12(7-11)8-16(27-15)19(23)26-10-14-13(9-21)18(22)28-17(14)20(24)25-4-2/h8,11H,3-7,10,22H2,1-2H3/t11-/m1/s1. The molecule has 0 saturated heterocycles. The summed E-state index contributed by atoms with van der Waals surface area (Å²) in [6, 6.07) is 3.90. The smallest absolute Gasteiger partial charge is 0.348 e. The summed E-state index contributed by atoms with van der Waals surface area (Å²) in [5, 5.41) is 9.57. The van der Waals surface area contributed by atoms with E-state index in [9.17, 15) is 14.9 Å². The minimum atomic E-state index is -0.566. The number of carbonyl (C=O) groups excluding carboxylic acids is 2. The first-order chi connectivity index (χ1) is 13.5. The maximum absolute atomic E-state index is 12.6. The first-order valence-corrected chi connectivity index (χ1v) is 10.9. The van der Waals surface area contributed by atoms with Gasteiger partial charge in [-0.25, -0.2) is 9.59 Å². The Morgan fingerprint density at radius 1 is 1.29 bits per heavy atom. The van der Waals surface area contributed by atoms with Crippen LogP contribution in [-0.2, 0) is 28.9 Å². The highest BCUT2D eigenvalue weighted by Gasteiger charge is 2.26. The maximum atomic E-state index is 12.6. The van der Waals surface area contributed by atoms with Crippen LogP contribution in [-0.4, -0.2) is 18.5 Å². The van der Waals surface area contributed by atoms with Crippen LogP contribution in [0.25, 0.3) is 0 Å². The lowest BCUT2D eigenvalue weighted by Crippen LogP contribution is -2.11. The van der Waals surface area contributed by atoms with Crippen LogP contribution in [0.3, 0.4) is 0 Å². The molecule has 2 aromatic rings. The van der Waals surface area contributed by atoms with E-state index in [1.165, 1.54) is 21.8 Å². The molecule has 0 aromatic carbocycles. The van der Waals surface area contributed by atoms with Crippen molar-refractivity contribution < 1.29 is 19.1 Å². The van der Waals surface area contributed by atoms with Crippen LogP contribution >= 0.6 is 22.7 Å². The van der Waals surface area contributed by atoms with E-state index >= 15 is 0 Å². The third-order valence-electron chi connectivity index (χ3n) is 4.92. The van der Waals surface area contributed by atoms with Crippen molar-refractivity contribution in [3.05, 3.63) is 37.4 Å². The first kappa shape index (κ1) is 20.4. The molecule has 1 aliphatic rings. The van der Waals surface area contributed by atoms with E-state index < -0.39 is 11.9 Å². The number of hydrogen-bond donors (Lipinski definition) is 1. The second kappa shape index (κ2) is 8.76. The van der Waals surface area contributed by atoms with Gasteiger partial charge in [-0.1, -0.05) is 13.3 Å². The molecule has 28 heavy (non-hydrogen) atoms. The SMILES string of the molecule is CCOC(=O)c1sc(N)c(C#N)c1COC(=O)c1cc2c(s1)CC[C@@H](CC)C2. The number of hydrogen-bond acceptors (Lipinski definition) is 8. The van der Waals surface area contributed by atoms with E-state index in [4.69, 9.17) is 15.2 Å². The van der Waals surface area contributed by atoms with Crippen LogP contribution in [0.15, 0.2) is 6.07 Å². The van der Waals surface area contributed by atoms with E-state index in [2.05, 4.69) is 6.92 Å². The molecule has 0 bridgehead atoms. The molecule has 2 heterocycles. The van der Waals surface area contributed by atoms with Gasteiger partial charge >= 0.3 is 11.9 Å². The molecule has 0 saturated carbocycles. The Bertz CT molecular complexity index is 939. The number of thiophene rings is 2. The lowest BCUT2D eigenvalue weighted by atomic mass is 9.87. The molecule has 0 radical (unpaired) electrons. The van der Waals surface area contributed by atoms with Crippen molar-refractivity contribution in [2.24, 2.45) is 5.92 Å². The van der Waals surface area contributed by atoms with Crippen LogP contribution in [0.4, 0.5) is 5.00 Å². The molecule has 2 aromatic heterocycles. The number of rotatable bonds is 6. The van der Waals surface area contributed by atoms with Gasteiger partial charge in [0.1, 0.15) is 27.4 Å². The zero-order valence-corrected chi connectivity index (χ0v) is 17.5. The van der Waals surface area contributed by atoms with Gasteiger partial charge in [-0.15, -0.1) is 22.7 Å². The summed E-state index contributed by atoms with van der Waals surface area (Å²) >= 11 is 2.45. The lowest BCUT2D eigenvalue weighted by molar-refractivity contribution is 0.0457. The topological polar surface area (TPSA) is 102 Å². The van der Waals surface area contributed by atoms with Gasteiger partial charge in [0.2, 0.25) is 0 Å². The Balaban J connectivity index is 1.76. The number of aryl methyl sites for hydroxylation is 1. The summed E-state index contributed by atoms with van der Waals surface area (Å²) in [6.45, 7) is 3.90. The number of anilines is 1. The van der Waals surface area contributed by atoms with Crippen molar-refractivity contribution in [1.82, 2.24) is 0 Å². The molecule has 148 valence electrons. The van der Waals surface area contributed by atoms with Gasteiger partial charge in [-0.05, 0) is 43.7 Å². The molecule has 0 fully saturated rings. The summed E-state index contributed by atoms with van der Waals surface area (Å²) in [6.07, 6.45) is 4.30. The molecule has 0 aliphatic heterocycles. The summed E-state index contributed by atoms with van der Waals surface area (Å²) in [5.41, 5.74) is 7.56. The van der Waals surface area contributed by atoms with E-state index in [0.717, 1.165) is 37.0 Å². The van der Waals surface area contributed by atoms with Crippen molar-refractivity contribution in [1.29, 1.82) is 5.26 Å². The Hall–Kier alpha value is -2.37. The second-order valence-electron chi connectivity index (χ2n) is 6.63. The molecular formula is C20H22N2O4S2. The van der Waals surface area contributed by atoms with E-state index in [1.54, 1.807) is 6.92 Å².